The van der Waals surface area contributed by atoms with Crippen LogP contribution in [0.2, 0.25) is 5.02 Å². The van der Waals surface area contributed by atoms with Gasteiger partial charge in [0.15, 0.2) is 0 Å². The first kappa shape index (κ1) is 24.2. The van der Waals surface area contributed by atoms with E-state index in [0.717, 1.165) is 24.0 Å². The number of alkyl halides is 3. The highest BCUT2D eigenvalue weighted by Crippen LogP contribution is 2.38. The summed E-state index contributed by atoms with van der Waals surface area (Å²) in [7, 11) is -4.12. The number of hydrogen-bond acceptors (Lipinski definition) is 8. The Morgan fingerprint density at radius 3 is 2.30 bits per heavy atom. The van der Waals surface area contributed by atoms with Gasteiger partial charge in [0.25, 0.3) is 10.0 Å². The van der Waals surface area contributed by atoms with E-state index in [9.17, 15) is 31.7 Å². The first-order chi connectivity index (χ1) is 15.4. The van der Waals surface area contributed by atoms with Crippen LogP contribution in [-0.2, 0) is 16.2 Å². The lowest BCUT2D eigenvalue weighted by atomic mass is 10.2. The summed E-state index contributed by atoms with van der Waals surface area (Å²) in [5.41, 5.74) is 0.802. The van der Waals surface area contributed by atoms with Crippen molar-refractivity contribution in [2.24, 2.45) is 0 Å². The van der Waals surface area contributed by atoms with Crippen molar-refractivity contribution in [1.82, 2.24) is 14.8 Å². The van der Waals surface area contributed by atoms with Crippen molar-refractivity contribution in [3.63, 3.8) is 0 Å². The van der Waals surface area contributed by atoms with Crippen LogP contribution in [0.5, 0.6) is 0 Å². The number of nitrogens with zero attached hydrogens (tertiary/aromatic N) is 3. The topological polar surface area (TPSA) is 139 Å². The highest BCUT2D eigenvalue weighted by molar-refractivity contribution is 7.89. The van der Waals surface area contributed by atoms with Crippen LogP contribution in [0.4, 0.5) is 36.2 Å². The van der Waals surface area contributed by atoms with Crippen molar-refractivity contribution in [2.75, 3.05) is 10.7 Å². The highest BCUT2D eigenvalue weighted by Gasteiger charge is 2.33. The van der Waals surface area contributed by atoms with E-state index in [4.69, 9.17) is 11.6 Å². The summed E-state index contributed by atoms with van der Waals surface area (Å²) in [5.74, 6) is -1.03. The van der Waals surface area contributed by atoms with Gasteiger partial charge in [-0.05, 0) is 37.3 Å². The lowest BCUT2D eigenvalue weighted by Crippen LogP contribution is -2.30. The number of aromatic nitrogens is 2. The maximum absolute atomic E-state index is 13.1. The Balaban J connectivity index is 1.91. The molecule has 0 unspecified atom stereocenters. The molecule has 0 aliphatic heterocycles. The summed E-state index contributed by atoms with van der Waals surface area (Å²) in [5, 5.41) is 13.5. The Labute approximate surface area is 190 Å². The fourth-order valence-corrected chi connectivity index (χ4v) is 3.65. The molecule has 0 radical (unpaired) electrons. The smallest absolute Gasteiger partial charge is 0.334 e. The summed E-state index contributed by atoms with van der Waals surface area (Å²) >= 11 is 5.58. The molecule has 0 atom stereocenters. The van der Waals surface area contributed by atoms with Crippen molar-refractivity contribution in [1.29, 1.82) is 0 Å². The predicted octanol–water partition coefficient (Wildman–Crippen LogP) is 4.41. The maximum Gasteiger partial charge on any atom is 0.417 e. The zero-order valence-corrected chi connectivity index (χ0v) is 18.1. The van der Waals surface area contributed by atoms with Crippen molar-refractivity contribution in [2.45, 2.75) is 18.0 Å². The minimum absolute atomic E-state index is 0.114. The Morgan fingerprint density at radius 2 is 1.70 bits per heavy atom. The zero-order chi connectivity index (χ0) is 24.4. The molecular weight excluding hydrogens is 489 g/mol. The first-order valence-corrected chi connectivity index (χ1v) is 10.7. The van der Waals surface area contributed by atoms with E-state index in [1.807, 2.05) is 4.83 Å². The van der Waals surface area contributed by atoms with E-state index in [0.29, 0.717) is 6.07 Å². The van der Waals surface area contributed by atoms with E-state index >= 15 is 0 Å². The van der Waals surface area contributed by atoms with Crippen LogP contribution in [-0.4, -0.2) is 23.3 Å². The molecule has 0 bridgehead atoms. The van der Waals surface area contributed by atoms with Gasteiger partial charge >= 0.3 is 11.9 Å². The number of aryl methyl sites for hydroxylation is 1. The van der Waals surface area contributed by atoms with Crippen molar-refractivity contribution in [3.05, 3.63) is 75.1 Å². The molecule has 0 aliphatic carbocycles. The average Bonchev–Trinajstić information content (AvgIpc) is 2.73. The van der Waals surface area contributed by atoms with Gasteiger partial charge in [-0.25, -0.2) is 18.4 Å². The first-order valence-electron chi connectivity index (χ1n) is 8.86. The summed E-state index contributed by atoms with van der Waals surface area (Å²) in [6.07, 6.45) is -3.90. The standard InChI is InChI=1S/C18H14ClF3N6O4S/c1-10-2-5-12(6-3-10)33(31,32)27-26-17-15(28(29)30)16(23-9-24-17)25-11-4-7-14(19)13(8-11)18(20,21)22/h2-9,27H,1H3,(H2,23,24,25,26). The van der Waals surface area contributed by atoms with E-state index in [1.54, 1.807) is 19.1 Å². The van der Waals surface area contributed by atoms with Crippen molar-refractivity contribution >= 4 is 44.6 Å². The average molecular weight is 503 g/mol. The summed E-state index contributed by atoms with van der Waals surface area (Å²) in [6.45, 7) is 1.76. The van der Waals surface area contributed by atoms with E-state index < -0.39 is 49.0 Å². The monoisotopic (exact) mass is 502 g/mol. The maximum atomic E-state index is 13.1. The van der Waals surface area contributed by atoms with Gasteiger partial charge in [-0.2, -0.15) is 13.2 Å². The van der Waals surface area contributed by atoms with Gasteiger partial charge < -0.3 is 5.32 Å². The van der Waals surface area contributed by atoms with Crippen molar-refractivity contribution in [3.8, 4) is 0 Å². The second-order valence-electron chi connectivity index (χ2n) is 6.54. The summed E-state index contributed by atoms with van der Waals surface area (Å²) in [4.78, 5) is 19.9. The lowest BCUT2D eigenvalue weighted by Gasteiger charge is -2.13. The fraction of sp³-hybridized carbons (Fsp3) is 0.111. The van der Waals surface area contributed by atoms with Gasteiger partial charge in [0, 0.05) is 5.69 Å². The van der Waals surface area contributed by atoms with Crippen LogP contribution in [0.15, 0.2) is 53.7 Å². The summed E-state index contributed by atoms with van der Waals surface area (Å²) < 4.78 is 64.1. The molecule has 0 aliphatic rings. The lowest BCUT2D eigenvalue weighted by molar-refractivity contribution is -0.383. The minimum atomic E-state index is -4.76. The molecule has 2 aromatic carbocycles. The largest absolute Gasteiger partial charge is 0.417 e. The number of nitro groups is 1. The molecule has 174 valence electrons. The van der Waals surface area contributed by atoms with Gasteiger partial charge in [-0.15, -0.1) is 4.83 Å². The Bertz CT molecular complexity index is 1300. The third kappa shape index (κ3) is 5.66. The molecule has 3 rings (SSSR count). The number of hydrogen-bond donors (Lipinski definition) is 3. The molecule has 0 saturated carbocycles. The summed E-state index contributed by atoms with van der Waals surface area (Å²) in [6, 6.07) is 8.57. The Hall–Kier alpha value is -3.49. The SMILES string of the molecule is Cc1ccc(S(=O)(=O)NNc2ncnc(Nc3ccc(Cl)c(C(F)(F)F)c3)c2[N+](=O)[O-])cc1. The molecule has 15 heteroatoms. The molecule has 0 saturated heterocycles. The van der Waals surface area contributed by atoms with Crippen molar-refractivity contribution < 1.29 is 26.5 Å². The number of rotatable bonds is 7. The fourth-order valence-electron chi connectivity index (χ4n) is 2.58. The number of halogens is 4. The van der Waals surface area contributed by atoms with Gasteiger partial charge in [0.1, 0.15) is 6.33 Å². The normalized spacial score (nSPS) is 11.8. The Morgan fingerprint density at radius 1 is 1.06 bits per heavy atom. The second-order valence-corrected chi connectivity index (χ2v) is 8.63. The molecule has 33 heavy (non-hydrogen) atoms. The molecule has 3 aromatic rings. The van der Waals surface area contributed by atoms with Gasteiger partial charge in [-0.1, -0.05) is 29.3 Å². The van der Waals surface area contributed by atoms with Crippen LogP contribution >= 0.6 is 11.6 Å². The molecule has 0 fully saturated rings. The number of hydrazine groups is 1. The van der Waals surface area contributed by atoms with Gasteiger partial charge in [0.2, 0.25) is 11.6 Å². The van der Waals surface area contributed by atoms with Crippen LogP contribution in [0.1, 0.15) is 11.1 Å². The number of benzene rings is 2. The zero-order valence-electron chi connectivity index (χ0n) is 16.5. The molecule has 3 N–H and O–H groups in total. The number of nitrogens with one attached hydrogen (secondary N) is 3. The molecule has 1 aromatic heterocycles. The molecule has 0 spiro atoms. The quantitative estimate of drug-likeness (QED) is 0.319. The molecule has 10 nitrogen and oxygen atoms in total. The van der Waals surface area contributed by atoms with E-state index in [-0.39, 0.29) is 10.6 Å². The molecule has 1 heterocycles. The van der Waals surface area contributed by atoms with Gasteiger partial charge in [-0.3, -0.25) is 15.5 Å². The van der Waals surface area contributed by atoms with E-state index in [1.165, 1.54) is 12.1 Å². The molecule has 0 amide bonds. The van der Waals surface area contributed by atoms with Gasteiger partial charge in [0.05, 0.1) is 20.4 Å². The third-order valence-corrected chi connectivity index (χ3v) is 5.77. The predicted molar refractivity (Wildman–Crippen MR) is 114 cm³/mol. The van der Waals surface area contributed by atoms with E-state index in [2.05, 4.69) is 20.7 Å². The second kappa shape index (κ2) is 9.17. The molecular formula is C18H14ClF3N6O4S. The Kier molecular flexibility index (Phi) is 6.71. The minimum Gasteiger partial charge on any atom is -0.334 e. The highest BCUT2D eigenvalue weighted by atomic mass is 35.5. The van der Waals surface area contributed by atoms with Crippen LogP contribution in [0, 0.1) is 17.0 Å². The number of sulfonamides is 1. The van der Waals surface area contributed by atoms with Crippen LogP contribution in [0.25, 0.3) is 0 Å². The third-order valence-electron chi connectivity index (χ3n) is 4.17. The van der Waals surface area contributed by atoms with Crippen LogP contribution in [0.3, 0.4) is 0 Å². The number of anilines is 3. The van der Waals surface area contributed by atoms with Crippen LogP contribution < -0.4 is 15.6 Å².